The molecule has 0 amide bonds. The maximum atomic E-state index is 10.9. The molecular weight excluding hydrogens is 210 g/mol. The molecule has 0 unspecified atom stereocenters. The van der Waals surface area contributed by atoms with Gasteiger partial charge >= 0.3 is 5.76 Å². The van der Waals surface area contributed by atoms with Crippen LogP contribution in [0.3, 0.4) is 0 Å². The Bertz CT molecular complexity index is 544. The van der Waals surface area contributed by atoms with Crippen LogP contribution in [0.1, 0.15) is 6.92 Å². The van der Waals surface area contributed by atoms with Crippen molar-refractivity contribution >= 4 is 5.69 Å². The maximum Gasteiger partial charge on any atom is 0.434 e. The topological polar surface area (TPSA) is 94.1 Å². The molecule has 2 rings (SSSR count). The third-order valence-corrected chi connectivity index (χ3v) is 2.00. The number of nitrogens with one attached hydrogen (secondary N) is 1. The zero-order valence-electron chi connectivity index (χ0n) is 8.69. The number of anilines is 1. The lowest BCUT2D eigenvalue weighted by Gasteiger charge is -2.09. The second-order valence-electron chi connectivity index (χ2n) is 3.08. The van der Waals surface area contributed by atoms with E-state index in [9.17, 15) is 4.79 Å². The first-order chi connectivity index (χ1) is 7.72. The molecule has 0 bridgehead atoms. The van der Waals surface area contributed by atoms with Crippen molar-refractivity contribution in [3.05, 3.63) is 28.7 Å². The van der Waals surface area contributed by atoms with Crippen LogP contribution in [-0.2, 0) is 0 Å². The number of nitrogen functional groups attached to an aromatic ring is 1. The van der Waals surface area contributed by atoms with E-state index >= 15 is 0 Å². The van der Waals surface area contributed by atoms with E-state index in [2.05, 4.69) is 10.2 Å². The van der Waals surface area contributed by atoms with Gasteiger partial charge in [-0.25, -0.2) is 9.89 Å². The highest BCUT2D eigenvalue weighted by atomic mass is 16.5. The van der Waals surface area contributed by atoms with Gasteiger partial charge in [0.1, 0.15) is 0 Å². The highest BCUT2D eigenvalue weighted by Crippen LogP contribution is 2.33. The first kappa shape index (κ1) is 10.3. The fraction of sp³-hybridized carbons (Fsp3) is 0.200. The molecule has 84 valence electrons. The highest BCUT2D eigenvalue weighted by molar-refractivity contribution is 5.72. The normalized spacial score (nSPS) is 10.3. The van der Waals surface area contributed by atoms with Crippen LogP contribution in [0.2, 0.25) is 0 Å². The molecule has 1 aromatic carbocycles. The number of benzene rings is 1. The molecule has 0 atom stereocenters. The van der Waals surface area contributed by atoms with E-state index in [0.717, 1.165) is 0 Å². The number of ether oxygens (including phenoxy) is 1. The number of nitrogens with two attached hydrogens (primary N) is 1. The molecule has 6 nitrogen and oxygen atoms in total. The van der Waals surface area contributed by atoms with Gasteiger partial charge in [0, 0.05) is 0 Å². The lowest BCUT2D eigenvalue weighted by Crippen LogP contribution is -1.99. The van der Waals surface area contributed by atoms with Crippen LogP contribution in [0.4, 0.5) is 5.69 Å². The molecule has 0 radical (unpaired) electrons. The van der Waals surface area contributed by atoms with E-state index in [0.29, 0.717) is 23.6 Å². The Balaban J connectivity index is 2.55. The summed E-state index contributed by atoms with van der Waals surface area (Å²) in [4.78, 5) is 10.9. The Hall–Kier alpha value is -2.24. The van der Waals surface area contributed by atoms with Gasteiger partial charge < -0.3 is 14.9 Å². The number of aromatic nitrogens is 2. The first-order valence-corrected chi connectivity index (χ1v) is 4.79. The lowest BCUT2D eigenvalue weighted by molar-refractivity contribution is 0.342. The molecule has 0 saturated heterocycles. The van der Waals surface area contributed by atoms with E-state index in [1.54, 1.807) is 18.2 Å². The summed E-state index contributed by atoms with van der Waals surface area (Å²) < 4.78 is 10.2. The van der Waals surface area contributed by atoms with Crippen LogP contribution in [0.25, 0.3) is 11.5 Å². The predicted octanol–water partition coefficient (Wildman–Crippen LogP) is 1.01. The van der Waals surface area contributed by atoms with Crippen LogP contribution in [0.5, 0.6) is 5.75 Å². The van der Waals surface area contributed by atoms with Crippen molar-refractivity contribution in [2.24, 2.45) is 0 Å². The van der Waals surface area contributed by atoms with Gasteiger partial charge in [0.15, 0.2) is 5.75 Å². The van der Waals surface area contributed by atoms with Gasteiger partial charge in [-0.1, -0.05) is 6.07 Å². The Labute approximate surface area is 91.0 Å². The van der Waals surface area contributed by atoms with Crippen molar-refractivity contribution < 1.29 is 9.15 Å². The summed E-state index contributed by atoms with van der Waals surface area (Å²) in [5.74, 6) is 0.0286. The molecule has 2 aromatic rings. The SMILES string of the molecule is CCOc1c(N)cccc1-c1n[nH]c(=O)o1. The van der Waals surface area contributed by atoms with Gasteiger partial charge in [-0.05, 0) is 19.1 Å². The summed E-state index contributed by atoms with van der Waals surface area (Å²) in [6.07, 6.45) is 0. The number of aromatic amines is 1. The van der Waals surface area contributed by atoms with Gasteiger partial charge in [0.25, 0.3) is 5.89 Å². The van der Waals surface area contributed by atoms with Crippen molar-refractivity contribution in [1.29, 1.82) is 0 Å². The zero-order valence-corrected chi connectivity index (χ0v) is 8.69. The largest absolute Gasteiger partial charge is 0.491 e. The molecule has 0 saturated carbocycles. The minimum atomic E-state index is -0.611. The van der Waals surface area contributed by atoms with Crippen molar-refractivity contribution in [3.8, 4) is 17.2 Å². The zero-order chi connectivity index (χ0) is 11.5. The van der Waals surface area contributed by atoms with Crippen LogP contribution < -0.4 is 16.2 Å². The van der Waals surface area contributed by atoms with Crippen molar-refractivity contribution in [2.75, 3.05) is 12.3 Å². The smallest absolute Gasteiger partial charge is 0.434 e. The molecule has 0 aliphatic heterocycles. The van der Waals surface area contributed by atoms with E-state index in [1.165, 1.54) is 0 Å². The number of nitrogens with zero attached hydrogens (tertiary/aromatic N) is 1. The highest BCUT2D eigenvalue weighted by Gasteiger charge is 2.14. The number of H-pyrrole nitrogens is 1. The van der Waals surface area contributed by atoms with E-state index in [4.69, 9.17) is 14.9 Å². The molecule has 16 heavy (non-hydrogen) atoms. The van der Waals surface area contributed by atoms with Gasteiger partial charge in [0.2, 0.25) is 0 Å². The van der Waals surface area contributed by atoms with Gasteiger partial charge in [-0.2, -0.15) is 0 Å². The first-order valence-electron chi connectivity index (χ1n) is 4.79. The van der Waals surface area contributed by atoms with E-state index < -0.39 is 5.76 Å². The van der Waals surface area contributed by atoms with E-state index in [-0.39, 0.29) is 5.89 Å². The summed E-state index contributed by atoms with van der Waals surface area (Å²) in [7, 11) is 0. The monoisotopic (exact) mass is 221 g/mol. The van der Waals surface area contributed by atoms with Crippen molar-refractivity contribution in [2.45, 2.75) is 6.92 Å². The minimum absolute atomic E-state index is 0.167. The molecule has 0 aliphatic rings. The van der Waals surface area contributed by atoms with Gasteiger partial charge in [-0.15, -0.1) is 5.10 Å². The van der Waals surface area contributed by atoms with Gasteiger partial charge in [-0.3, -0.25) is 0 Å². The Morgan fingerprint density at radius 3 is 3.00 bits per heavy atom. The average molecular weight is 221 g/mol. The average Bonchev–Trinajstić information content (AvgIpc) is 2.68. The van der Waals surface area contributed by atoms with Crippen LogP contribution in [0, 0.1) is 0 Å². The Morgan fingerprint density at radius 1 is 1.56 bits per heavy atom. The van der Waals surface area contributed by atoms with Crippen LogP contribution in [-0.4, -0.2) is 16.8 Å². The van der Waals surface area contributed by atoms with Crippen LogP contribution >= 0.6 is 0 Å². The van der Waals surface area contributed by atoms with Crippen molar-refractivity contribution in [1.82, 2.24) is 10.2 Å². The summed E-state index contributed by atoms with van der Waals surface area (Å²) in [6, 6.07) is 5.17. The lowest BCUT2D eigenvalue weighted by atomic mass is 10.1. The van der Waals surface area contributed by atoms with Gasteiger partial charge in [0.05, 0.1) is 17.9 Å². The number of hydrogen-bond acceptors (Lipinski definition) is 5. The van der Waals surface area contributed by atoms with E-state index in [1.807, 2.05) is 6.92 Å². The second kappa shape index (κ2) is 4.09. The quantitative estimate of drug-likeness (QED) is 0.754. The summed E-state index contributed by atoms with van der Waals surface area (Å²) in [6.45, 7) is 2.31. The third-order valence-electron chi connectivity index (χ3n) is 2.00. The molecule has 0 aliphatic carbocycles. The molecule has 1 aromatic heterocycles. The van der Waals surface area contributed by atoms with Crippen molar-refractivity contribution in [3.63, 3.8) is 0 Å². The Kier molecular flexibility index (Phi) is 2.63. The molecule has 0 fully saturated rings. The Morgan fingerprint density at radius 2 is 2.38 bits per heavy atom. The summed E-state index contributed by atoms with van der Waals surface area (Å²) in [5, 5.41) is 5.92. The molecule has 3 N–H and O–H groups in total. The fourth-order valence-corrected chi connectivity index (χ4v) is 1.37. The predicted molar refractivity (Wildman–Crippen MR) is 58.1 cm³/mol. The third kappa shape index (κ3) is 1.77. The molecule has 0 spiro atoms. The van der Waals surface area contributed by atoms with Crippen LogP contribution in [0.15, 0.2) is 27.4 Å². The second-order valence-corrected chi connectivity index (χ2v) is 3.08. The minimum Gasteiger partial charge on any atom is -0.491 e. The number of rotatable bonds is 3. The molecule has 6 heteroatoms. The summed E-state index contributed by atoms with van der Waals surface area (Å²) in [5.41, 5.74) is 6.80. The standard InChI is InChI=1S/C10H11N3O3/c1-2-15-8-6(4-3-5-7(8)11)9-12-13-10(14)16-9/h3-5H,2,11H2,1H3,(H,13,14). The summed E-state index contributed by atoms with van der Waals surface area (Å²) >= 11 is 0. The fourth-order valence-electron chi connectivity index (χ4n) is 1.37. The number of hydrogen-bond donors (Lipinski definition) is 2. The maximum absolute atomic E-state index is 10.9. The molecule has 1 heterocycles. The molecular formula is C10H11N3O3. The number of para-hydroxylation sites is 1.